The molecule has 0 radical (unpaired) electrons. The molecule has 5 nitrogen and oxygen atoms in total. The van der Waals surface area contributed by atoms with Gasteiger partial charge in [0.2, 0.25) is 0 Å². The van der Waals surface area contributed by atoms with Crippen LogP contribution < -0.4 is 0 Å². The summed E-state index contributed by atoms with van der Waals surface area (Å²) >= 11 is 7.49. The number of hydrogen-bond donors (Lipinski definition) is 0. The molecule has 0 aliphatic heterocycles. The quantitative estimate of drug-likeness (QED) is 0.359. The van der Waals surface area contributed by atoms with Crippen molar-refractivity contribution in [2.75, 3.05) is 7.11 Å². The average molecular weight is 341 g/mol. The minimum atomic E-state index is -0.656. The summed E-state index contributed by atoms with van der Waals surface area (Å²) in [5, 5.41) is 10.8. The minimum absolute atomic E-state index is 0.0645. The summed E-state index contributed by atoms with van der Waals surface area (Å²) in [4.78, 5) is 21.2. The topological polar surface area (TPSA) is 69.4 Å². The number of methoxy groups -OCH3 is 1. The van der Waals surface area contributed by atoms with Gasteiger partial charge < -0.3 is 4.74 Å². The van der Waals surface area contributed by atoms with Crippen molar-refractivity contribution in [1.29, 1.82) is 0 Å². The Bertz CT molecular complexity index is 435. The van der Waals surface area contributed by atoms with Gasteiger partial charge in [-0.2, -0.15) is 0 Å². The molecule has 0 saturated heterocycles. The highest BCUT2D eigenvalue weighted by molar-refractivity contribution is 14.1. The first kappa shape index (κ1) is 12.2. The second kappa shape index (κ2) is 4.75. The SMILES string of the molecule is COC(=O)c1cc(Cl)c(I)c([N+](=O)[O-])c1. The van der Waals surface area contributed by atoms with Gasteiger partial charge in [0.15, 0.2) is 0 Å². The first-order chi connectivity index (χ1) is 6.97. The lowest BCUT2D eigenvalue weighted by atomic mass is 10.2. The van der Waals surface area contributed by atoms with E-state index >= 15 is 0 Å². The zero-order chi connectivity index (χ0) is 11.6. The fourth-order valence-corrected chi connectivity index (χ4v) is 1.67. The van der Waals surface area contributed by atoms with Gasteiger partial charge in [-0.25, -0.2) is 4.79 Å². The summed E-state index contributed by atoms with van der Waals surface area (Å²) in [6.07, 6.45) is 0. The second-order valence-electron chi connectivity index (χ2n) is 2.54. The molecule has 0 amide bonds. The number of nitrogens with zero attached hydrogens (tertiary/aromatic N) is 1. The molecule has 0 spiro atoms. The van der Waals surface area contributed by atoms with E-state index in [1.54, 1.807) is 22.6 Å². The van der Waals surface area contributed by atoms with Crippen molar-refractivity contribution in [2.45, 2.75) is 0 Å². The van der Waals surface area contributed by atoms with E-state index in [1.807, 2.05) is 0 Å². The van der Waals surface area contributed by atoms with E-state index in [9.17, 15) is 14.9 Å². The number of nitro groups is 1. The van der Waals surface area contributed by atoms with Gasteiger partial charge in [-0.15, -0.1) is 0 Å². The summed E-state index contributed by atoms with van der Waals surface area (Å²) < 4.78 is 4.74. The Morgan fingerprint density at radius 1 is 1.60 bits per heavy atom. The summed E-state index contributed by atoms with van der Waals surface area (Å²) in [5.74, 6) is -0.656. The number of hydrogen-bond acceptors (Lipinski definition) is 4. The van der Waals surface area contributed by atoms with Gasteiger partial charge >= 0.3 is 5.97 Å². The summed E-state index contributed by atoms with van der Waals surface area (Å²) in [7, 11) is 1.19. The van der Waals surface area contributed by atoms with Gasteiger partial charge in [0.05, 0.1) is 22.6 Å². The number of halogens is 2. The highest BCUT2D eigenvalue weighted by atomic mass is 127. The van der Waals surface area contributed by atoms with E-state index in [1.165, 1.54) is 13.2 Å². The molecule has 0 atom stereocenters. The molecule has 0 bridgehead atoms. The zero-order valence-electron chi connectivity index (χ0n) is 7.49. The fraction of sp³-hybridized carbons (Fsp3) is 0.125. The first-order valence-corrected chi connectivity index (χ1v) is 5.14. The van der Waals surface area contributed by atoms with Crippen LogP contribution in [0, 0.1) is 13.7 Å². The fourth-order valence-electron chi connectivity index (χ4n) is 0.943. The maximum absolute atomic E-state index is 11.1. The van der Waals surface area contributed by atoms with E-state index in [2.05, 4.69) is 4.74 Å². The molecule has 7 heteroatoms. The predicted molar refractivity (Wildman–Crippen MR) is 62.2 cm³/mol. The number of benzene rings is 1. The Labute approximate surface area is 104 Å². The summed E-state index contributed by atoms with van der Waals surface area (Å²) in [5.41, 5.74) is -0.141. The largest absolute Gasteiger partial charge is 0.465 e. The molecule has 0 aliphatic rings. The van der Waals surface area contributed by atoms with E-state index in [-0.39, 0.29) is 16.3 Å². The molecular formula is C8H5ClINO4. The Kier molecular flexibility index (Phi) is 3.86. The molecule has 15 heavy (non-hydrogen) atoms. The molecular weight excluding hydrogens is 336 g/mol. The van der Waals surface area contributed by atoms with Crippen molar-refractivity contribution in [2.24, 2.45) is 0 Å². The molecule has 0 unspecified atom stereocenters. The molecule has 1 aromatic carbocycles. The molecule has 1 rings (SSSR count). The third kappa shape index (κ3) is 2.57. The third-order valence-electron chi connectivity index (χ3n) is 1.63. The van der Waals surface area contributed by atoms with E-state index in [4.69, 9.17) is 11.6 Å². The van der Waals surface area contributed by atoms with Crippen LogP contribution in [0.15, 0.2) is 12.1 Å². The van der Waals surface area contributed by atoms with Crippen LogP contribution in [0.1, 0.15) is 10.4 Å². The lowest BCUT2D eigenvalue weighted by Gasteiger charge is -2.02. The van der Waals surface area contributed by atoms with Crippen LogP contribution in [0.5, 0.6) is 0 Å². The van der Waals surface area contributed by atoms with E-state index in [0.29, 0.717) is 3.57 Å². The highest BCUT2D eigenvalue weighted by Gasteiger charge is 2.19. The lowest BCUT2D eigenvalue weighted by Crippen LogP contribution is -2.03. The van der Waals surface area contributed by atoms with E-state index in [0.717, 1.165) is 6.07 Å². The number of rotatable bonds is 2. The Balaban J connectivity index is 3.35. The van der Waals surface area contributed by atoms with Crippen LogP contribution in [0.25, 0.3) is 0 Å². The van der Waals surface area contributed by atoms with Crippen molar-refractivity contribution in [1.82, 2.24) is 0 Å². The maximum Gasteiger partial charge on any atom is 0.338 e. The minimum Gasteiger partial charge on any atom is -0.465 e. The normalized spacial score (nSPS) is 9.80. The number of nitro benzene ring substituents is 1. The Morgan fingerprint density at radius 3 is 2.67 bits per heavy atom. The highest BCUT2D eigenvalue weighted by Crippen LogP contribution is 2.29. The first-order valence-electron chi connectivity index (χ1n) is 3.69. The van der Waals surface area contributed by atoms with Crippen LogP contribution in [0.4, 0.5) is 5.69 Å². The molecule has 0 N–H and O–H groups in total. The second-order valence-corrected chi connectivity index (χ2v) is 4.03. The number of esters is 1. The third-order valence-corrected chi connectivity index (χ3v) is 3.38. The van der Waals surface area contributed by atoms with Crippen molar-refractivity contribution in [3.8, 4) is 0 Å². The Morgan fingerprint density at radius 2 is 2.20 bits per heavy atom. The molecule has 0 heterocycles. The number of carbonyl (C=O) groups excluding carboxylic acids is 1. The van der Waals surface area contributed by atoms with Gasteiger partial charge in [-0.05, 0) is 28.7 Å². The van der Waals surface area contributed by atoms with Gasteiger partial charge in [-0.3, -0.25) is 10.1 Å². The van der Waals surface area contributed by atoms with Crippen molar-refractivity contribution >= 4 is 45.8 Å². The van der Waals surface area contributed by atoms with Gasteiger partial charge in [0.1, 0.15) is 3.57 Å². The monoisotopic (exact) mass is 341 g/mol. The molecule has 0 aromatic heterocycles. The molecule has 0 aliphatic carbocycles. The van der Waals surface area contributed by atoms with Crippen LogP contribution in [-0.2, 0) is 4.74 Å². The van der Waals surface area contributed by atoms with Crippen LogP contribution >= 0.6 is 34.2 Å². The summed E-state index contributed by atoms with van der Waals surface area (Å²) in [6, 6.07) is 2.47. The van der Waals surface area contributed by atoms with Crippen LogP contribution in [0.3, 0.4) is 0 Å². The van der Waals surface area contributed by atoms with Crippen LogP contribution in [0.2, 0.25) is 5.02 Å². The van der Waals surface area contributed by atoms with Crippen molar-refractivity contribution in [3.05, 3.63) is 36.4 Å². The molecule has 80 valence electrons. The number of carbonyl (C=O) groups is 1. The molecule has 0 fully saturated rings. The van der Waals surface area contributed by atoms with Gasteiger partial charge in [-0.1, -0.05) is 11.6 Å². The lowest BCUT2D eigenvalue weighted by molar-refractivity contribution is -0.385. The number of ether oxygens (including phenoxy) is 1. The maximum atomic E-state index is 11.1. The van der Waals surface area contributed by atoms with Crippen molar-refractivity contribution < 1.29 is 14.5 Å². The Hall–Kier alpha value is -0.890. The standard InChI is InChI=1S/C8H5ClINO4/c1-15-8(12)4-2-5(9)7(10)6(3-4)11(13)14/h2-3H,1H3. The van der Waals surface area contributed by atoms with Crippen LogP contribution in [-0.4, -0.2) is 18.0 Å². The van der Waals surface area contributed by atoms with Gasteiger partial charge in [0.25, 0.3) is 5.69 Å². The zero-order valence-corrected chi connectivity index (χ0v) is 10.4. The summed E-state index contributed by atoms with van der Waals surface area (Å²) in [6.45, 7) is 0. The molecule has 1 aromatic rings. The smallest absolute Gasteiger partial charge is 0.338 e. The van der Waals surface area contributed by atoms with Crippen molar-refractivity contribution in [3.63, 3.8) is 0 Å². The van der Waals surface area contributed by atoms with E-state index < -0.39 is 10.9 Å². The predicted octanol–water partition coefficient (Wildman–Crippen LogP) is 2.64. The molecule has 0 saturated carbocycles. The van der Waals surface area contributed by atoms with Gasteiger partial charge in [0, 0.05) is 6.07 Å². The average Bonchev–Trinajstić information content (AvgIpc) is 2.20.